The quantitative estimate of drug-likeness (QED) is 0.549. The number of fused-ring (bicyclic) bond motifs is 1. The van der Waals surface area contributed by atoms with Crippen LogP contribution in [0, 0.1) is 6.92 Å². The Morgan fingerprint density at radius 1 is 1.10 bits per heavy atom. The lowest BCUT2D eigenvalue weighted by Gasteiger charge is -2.10. The summed E-state index contributed by atoms with van der Waals surface area (Å²) in [6, 6.07) is 18.7. The zero-order valence-electron chi connectivity index (χ0n) is 16.4. The van der Waals surface area contributed by atoms with Crippen LogP contribution in [0.5, 0.6) is 5.75 Å². The zero-order chi connectivity index (χ0) is 20.4. The van der Waals surface area contributed by atoms with E-state index in [1.54, 1.807) is 22.9 Å². The van der Waals surface area contributed by atoms with Crippen LogP contribution in [0.15, 0.2) is 60.7 Å². The average molecular weight is 386 g/mol. The topological polar surface area (TPSA) is 80.0 Å². The molecule has 4 aromatic rings. The Balaban J connectivity index is 1.65. The van der Waals surface area contributed by atoms with Crippen molar-refractivity contribution < 1.29 is 9.90 Å². The summed E-state index contributed by atoms with van der Waals surface area (Å²) in [6.45, 7) is 2.35. The Bertz CT molecular complexity index is 1180. The van der Waals surface area contributed by atoms with Gasteiger partial charge in [0.1, 0.15) is 5.75 Å². The summed E-state index contributed by atoms with van der Waals surface area (Å²) in [5, 5.41) is 17.8. The van der Waals surface area contributed by atoms with Crippen molar-refractivity contribution in [1.29, 1.82) is 0 Å². The van der Waals surface area contributed by atoms with Crippen LogP contribution in [0.3, 0.4) is 0 Å². The predicted molar refractivity (Wildman–Crippen MR) is 113 cm³/mol. The van der Waals surface area contributed by atoms with Gasteiger partial charge in [0, 0.05) is 19.2 Å². The summed E-state index contributed by atoms with van der Waals surface area (Å²) in [4.78, 5) is 17.8. The third-order valence-electron chi connectivity index (χ3n) is 4.89. The standard InChI is InChI=1S/C23H22N4O2/c1-15-21-19(23(29)24-12-11-16-7-6-10-18(28)13-16)14-20(17-8-4-3-5-9-17)25-22(21)27(2)26-15/h3-10,13-14,28H,11-12H2,1-2H3,(H,24,29). The number of phenolic OH excluding ortho intramolecular Hbond substituents is 1. The van der Waals surface area contributed by atoms with E-state index >= 15 is 0 Å². The highest BCUT2D eigenvalue weighted by atomic mass is 16.3. The highest BCUT2D eigenvalue weighted by molar-refractivity contribution is 6.07. The Hall–Kier alpha value is -3.67. The van der Waals surface area contributed by atoms with Gasteiger partial charge in [-0.3, -0.25) is 9.48 Å². The molecule has 0 radical (unpaired) electrons. The average Bonchev–Trinajstić information content (AvgIpc) is 3.02. The number of amides is 1. The van der Waals surface area contributed by atoms with E-state index in [1.807, 2.05) is 56.4 Å². The largest absolute Gasteiger partial charge is 0.508 e. The van der Waals surface area contributed by atoms with Gasteiger partial charge in [0.25, 0.3) is 5.91 Å². The fourth-order valence-corrected chi connectivity index (χ4v) is 3.51. The van der Waals surface area contributed by atoms with Crippen LogP contribution < -0.4 is 5.32 Å². The van der Waals surface area contributed by atoms with Crippen LogP contribution in [0.25, 0.3) is 22.3 Å². The molecule has 0 aliphatic heterocycles. The first-order chi connectivity index (χ1) is 14.0. The van der Waals surface area contributed by atoms with Crippen LogP contribution in [0.1, 0.15) is 21.6 Å². The number of pyridine rings is 1. The summed E-state index contributed by atoms with van der Waals surface area (Å²) in [7, 11) is 1.83. The molecule has 0 spiro atoms. The van der Waals surface area contributed by atoms with Crippen LogP contribution in [0.2, 0.25) is 0 Å². The summed E-state index contributed by atoms with van der Waals surface area (Å²) in [5.41, 5.74) is 4.67. The highest BCUT2D eigenvalue weighted by Crippen LogP contribution is 2.26. The molecule has 6 nitrogen and oxygen atoms in total. The molecule has 0 saturated carbocycles. The molecule has 4 rings (SSSR count). The van der Waals surface area contributed by atoms with Gasteiger partial charge >= 0.3 is 0 Å². The van der Waals surface area contributed by atoms with Crippen molar-refractivity contribution in [1.82, 2.24) is 20.1 Å². The van der Waals surface area contributed by atoms with Crippen LogP contribution >= 0.6 is 0 Å². The molecule has 0 aliphatic rings. The van der Waals surface area contributed by atoms with Gasteiger partial charge in [-0.15, -0.1) is 0 Å². The first-order valence-corrected chi connectivity index (χ1v) is 9.49. The van der Waals surface area contributed by atoms with Gasteiger partial charge in [0.05, 0.1) is 22.3 Å². The van der Waals surface area contributed by atoms with E-state index in [1.165, 1.54) is 0 Å². The molecule has 29 heavy (non-hydrogen) atoms. The molecule has 0 saturated heterocycles. The molecular weight excluding hydrogens is 364 g/mol. The van der Waals surface area contributed by atoms with Crippen molar-refractivity contribution in [3.63, 3.8) is 0 Å². The number of phenols is 1. The number of carbonyl (C=O) groups excluding carboxylic acids is 1. The number of benzene rings is 2. The van der Waals surface area contributed by atoms with Gasteiger partial charge in [-0.1, -0.05) is 42.5 Å². The molecule has 0 unspecified atom stereocenters. The van der Waals surface area contributed by atoms with Crippen LogP contribution in [-0.2, 0) is 13.5 Å². The maximum absolute atomic E-state index is 13.0. The van der Waals surface area contributed by atoms with Crippen molar-refractivity contribution in [3.8, 4) is 17.0 Å². The molecule has 0 fully saturated rings. The summed E-state index contributed by atoms with van der Waals surface area (Å²) in [6.07, 6.45) is 0.631. The lowest BCUT2D eigenvalue weighted by molar-refractivity contribution is 0.0955. The lowest BCUT2D eigenvalue weighted by Crippen LogP contribution is -2.26. The maximum Gasteiger partial charge on any atom is 0.252 e. The molecule has 0 bridgehead atoms. The second-order valence-electron chi connectivity index (χ2n) is 7.00. The van der Waals surface area contributed by atoms with E-state index in [2.05, 4.69) is 10.4 Å². The van der Waals surface area contributed by atoms with Gasteiger partial charge in [-0.25, -0.2) is 4.98 Å². The Morgan fingerprint density at radius 3 is 2.66 bits per heavy atom. The van der Waals surface area contributed by atoms with Crippen LogP contribution in [-0.4, -0.2) is 32.3 Å². The van der Waals surface area contributed by atoms with Crippen molar-refractivity contribution >= 4 is 16.9 Å². The number of hydrogen-bond donors (Lipinski definition) is 2. The number of nitrogens with one attached hydrogen (secondary N) is 1. The number of aromatic hydroxyl groups is 1. The predicted octanol–water partition coefficient (Wildman–Crippen LogP) is 3.62. The zero-order valence-corrected chi connectivity index (χ0v) is 16.4. The highest BCUT2D eigenvalue weighted by Gasteiger charge is 2.19. The van der Waals surface area contributed by atoms with Gasteiger partial charge in [0.15, 0.2) is 5.65 Å². The molecule has 146 valence electrons. The molecule has 1 amide bonds. The minimum absolute atomic E-state index is 0.161. The molecular formula is C23H22N4O2. The van der Waals surface area contributed by atoms with Gasteiger partial charge in [-0.05, 0) is 37.1 Å². The molecule has 6 heteroatoms. The minimum Gasteiger partial charge on any atom is -0.508 e. The third-order valence-corrected chi connectivity index (χ3v) is 4.89. The third kappa shape index (κ3) is 3.82. The first-order valence-electron chi connectivity index (χ1n) is 9.49. The van der Waals surface area contributed by atoms with E-state index < -0.39 is 0 Å². The Labute approximate surface area is 168 Å². The number of carbonyl (C=O) groups is 1. The second-order valence-corrected chi connectivity index (χ2v) is 7.00. The number of aryl methyl sites for hydroxylation is 2. The smallest absolute Gasteiger partial charge is 0.252 e. The fraction of sp³-hybridized carbons (Fsp3) is 0.174. The van der Waals surface area contributed by atoms with Gasteiger partial charge < -0.3 is 10.4 Å². The first kappa shape index (κ1) is 18.7. The monoisotopic (exact) mass is 386 g/mol. The van der Waals surface area contributed by atoms with Crippen molar-refractivity contribution in [2.24, 2.45) is 7.05 Å². The molecule has 0 atom stereocenters. The van der Waals surface area contributed by atoms with E-state index in [0.29, 0.717) is 24.2 Å². The second kappa shape index (κ2) is 7.75. The summed E-state index contributed by atoms with van der Waals surface area (Å²) >= 11 is 0. The Kier molecular flexibility index (Phi) is 4.99. The number of nitrogens with zero attached hydrogens (tertiary/aromatic N) is 3. The Morgan fingerprint density at radius 2 is 1.90 bits per heavy atom. The van der Waals surface area contributed by atoms with Crippen LogP contribution in [0.4, 0.5) is 0 Å². The number of rotatable bonds is 5. The molecule has 2 aromatic heterocycles. The summed E-state index contributed by atoms with van der Waals surface area (Å²) < 4.78 is 1.71. The molecule has 0 aliphatic carbocycles. The SMILES string of the molecule is Cc1nn(C)c2nc(-c3ccccc3)cc(C(=O)NCCc3cccc(O)c3)c12. The van der Waals surface area contributed by atoms with E-state index in [-0.39, 0.29) is 11.7 Å². The normalized spacial score (nSPS) is 11.0. The van der Waals surface area contributed by atoms with E-state index in [0.717, 1.165) is 27.9 Å². The molecule has 2 N–H and O–H groups in total. The van der Waals surface area contributed by atoms with Crippen molar-refractivity contribution in [2.75, 3.05) is 6.54 Å². The van der Waals surface area contributed by atoms with Crippen molar-refractivity contribution in [2.45, 2.75) is 13.3 Å². The van der Waals surface area contributed by atoms with E-state index in [4.69, 9.17) is 4.98 Å². The maximum atomic E-state index is 13.0. The number of aromatic nitrogens is 3. The van der Waals surface area contributed by atoms with E-state index in [9.17, 15) is 9.90 Å². The fourth-order valence-electron chi connectivity index (χ4n) is 3.51. The summed E-state index contributed by atoms with van der Waals surface area (Å²) in [5.74, 6) is 0.0639. The molecule has 2 heterocycles. The minimum atomic E-state index is -0.161. The van der Waals surface area contributed by atoms with Gasteiger partial charge in [0.2, 0.25) is 0 Å². The number of hydrogen-bond acceptors (Lipinski definition) is 4. The lowest BCUT2D eigenvalue weighted by atomic mass is 10.0. The molecule has 2 aromatic carbocycles. The van der Waals surface area contributed by atoms with Gasteiger partial charge in [-0.2, -0.15) is 5.10 Å². The van der Waals surface area contributed by atoms with Crippen molar-refractivity contribution in [3.05, 3.63) is 77.5 Å².